The van der Waals surface area contributed by atoms with Gasteiger partial charge in [-0.2, -0.15) is 4.39 Å². The van der Waals surface area contributed by atoms with Crippen molar-refractivity contribution < 1.29 is 38.2 Å². The van der Waals surface area contributed by atoms with E-state index in [0.29, 0.717) is 16.2 Å². The number of β-lactam (4-membered cyclic amide) rings is 1. The number of aromatic nitrogens is 1. The predicted octanol–water partition coefficient (Wildman–Crippen LogP) is -0.419. The van der Waals surface area contributed by atoms with Gasteiger partial charge in [0, 0.05) is 10.7 Å². The van der Waals surface area contributed by atoms with Crippen LogP contribution in [-0.4, -0.2) is 81.5 Å². The predicted molar refractivity (Wildman–Crippen MR) is 130 cm³/mol. The van der Waals surface area contributed by atoms with Gasteiger partial charge in [-0.3, -0.25) is 14.5 Å². The Labute approximate surface area is 215 Å². The third kappa shape index (κ3) is 5.89. The molecule has 0 aromatic carbocycles. The molecular weight excluding hydrogens is 541 g/mol. The summed E-state index contributed by atoms with van der Waals surface area (Å²) in [5.74, 6) is -2.75. The molecule has 18 heteroatoms. The lowest BCUT2D eigenvalue weighted by molar-refractivity contribution is -0.150. The summed E-state index contributed by atoms with van der Waals surface area (Å²) in [7, 11) is 1.14. The summed E-state index contributed by atoms with van der Waals surface area (Å²) in [4.78, 5) is 57.9. The van der Waals surface area contributed by atoms with Gasteiger partial charge >= 0.3 is 12.1 Å². The van der Waals surface area contributed by atoms with E-state index in [1.54, 1.807) is 0 Å². The number of nitrogen functional groups attached to an aromatic ring is 1. The maximum atomic E-state index is 14.1. The van der Waals surface area contributed by atoms with Crippen LogP contribution in [0.1, 0.15) is 5.69 Å². The van der Waals surface area contributed by atoms with Crippen LogP contribution in [0.25, 0.3) is 0 Å². The number of thiazole rings is 1. The minimum absolute atomic E-state index is 0.135. The first-order valence-electron chi connectivity index (χ1n) is 9.81. The second-order valence-electron chi connectivity index (χ2n) is 6.98. The molecule has 3 rings (SSSR count). The first kappa shape index (κ1) is 27.2. The molecule has 2 aliphatic rings. The van der Waals surface area contributed by atoms with Crippen LogP contribution in [0.2, 0.25) is 0 Å². The number of thioether (sulfide) groups is 2. The summed E-state index contributed by atoms with van der Waals surface area (Å²) in [6.45, 7) is -0.161. The number of aliphatic carboxylic acids is 1. The number of hydrogen-bond donors (Lipinski definition) is 5. The van der Waals surface area contributed by atoms with Crippen LogP contribution in [0.15, 0.2) is 27.2 Å². The average molecular weight is 562 g/mol. The number of carboxylic acids is 1. The number of ether oxygens (including phenoxy) is 1. The van der Waals surface area contributed by atoms with Crippen molar-refractivity contribution in [3.8, 4) is 0 Å². The van der Waals surface area contributed by atoms with E-state index in [2.05, 4.69) is 25.0 Å². The van der Waals surface area contributed by atoms with E-state index in [4.69, 9.17) is 17.2 Å². The monoisotopic (exact) mass is 561 g/mol. The summed E-state index contributed by atoms with van der Waals surface area (Å²) in [5, 5.41) is 15.5. The molecule has 1 saturated heterocycles. The third-order valence-corrected chi connectivity index (χ3v) is 7.65. The van der Waals surface area contributed by atoms with Crippen molar-refractivity contribution in [2.24, 2.45) is 16.6 Å². The van der Waals surface area contributed by atoms with E-state index in [1.807, 2.05) is 0 Å². The third-order valence-electron chi connectivity index (χ3n) is 4.60. The minimum atomic E-state index is -1.34. The van der Waals surface area contributed by atoms with Gasteiger partial charge in [0.1, 0.15) is 36.5 Å². The Hall–Kier alpha value is -3.35. The molecule has 1 fully saturated rings. The second kappa shape index (κ2) is 11.6. The lowest BCUT2D eigenvalue weighted by atomic mass is 10.0. The van der Waals surface area contributed by atoms with Crippen LogP contribution in [0.4, 0.5) is 14.3 Å². The van der Waals surface area contributed by atoms with E-state index in [0.717, 1.165) is 23.8 Å². The molecule has 1 unspecified atom stereocenters. The number of nitrogens with zero attached hydrogens (tertiary/aromatic N) is 3. The first-order valence-corrected chi connectivity index (χ1v) is 12.6. The maximum absolute atomic E-state index is 14.1. The molecule has 0 bridgehead atoms. The lowest BCUT2D eigenvalue weighted by Crippen LogP contribution is -2.71. The molecule has 1 aromatic heterocycles. The quantitative estimate of drug-likeness (QED) is 0.139. The number of halogens is 1. The van der Waals surface area contributed by atoms with Gasteiger partial charge in [-0.1, -0.05) is 34.3 Å². The molecule has 8 N–H and O–H groups in total. The number of rotatable bonds is 10. The number of primary amides is 1. The molecule has 0 spiro atoms. The van der Waals surface area contributed by atoms with Gasteiger partial charge in [0.05, 0.1) is 6.04 Å². The largest absolute Gasteiger partial charge is 0.477 e. The van der Waals surface area contributed by atoms with Gasteiger partial charge in [-0.25, -0.2) is 14.6 Å². The highest BCUT2D eigenvalue weighted by Gasteiger charge is 2.54. The van der Waals surface area contributed by atoms with Crippen molar-refractivity contribution in [1.82, 2.24) is 15.2 Å². The van der Waals surface area contributed by atoms with Crippen LogP contribution in [-0.2, 0) is 24.0 Å². The van der Waals surface area contributed by atoms with Gasteiger partial charge in [-0.05, 0) is 5.41 Å². The smallest absolute Gasteiger partial charge is 0.404 e. The van der Waals surface area contributed by atoms with Gasteiger partial charge in [0.2, 0.25) is 5.13 Å². The van der Waals surface area contributed by atoms with Gasteiger partial charge in [0.15, 0.2) is 10.8 Å². The fraction of sp³-hybridized carbons (Fsp3) is 0.333. The van der Waals surface area contributed by atoms with Gasteiger partial charge in [0.25, 0.3) is 11.8 Å². The molecule has 2 aliphatic heterocycles. The molecule has 3 amide bonds. The van der Waals surface area contributed by atoms with E-state index < -0.39 is 57.9 Å². The molecule has 194 valence electrons. The summed E-state index contributed by atoms with van der Waals surface area (Å²) >= 11 is 2.75. The number of hydrogen-bond acceptors (Lipinski definition) is 13. The number of nitrogens with one attached hydrogen (secondary N) is 1. The standard InChI is InChI=1S/C18H20FN7O7S3/c1-32-25-9(8-12(19)36-17(21)24-8)13(27)23-10-14(28)26-11(16(29)30)7(5-35-15(10)26)34-3-2-6(20)4-33-18(22)31/h2-3,6,10,15H,4-5,20H2,1H3,(H2,21,24)(H2,22,31)(H,23,27)(H,29,30)/b3-2-,25-9-/t6-,10?,15-/m1/s1. The summed E-state index contributed by atoms with van der Waals surface area (Å²) in [6.07, 6.45) is 0.509. The molecule has 3 atom stereocenters. The van der Waals surface area contributed by atoms with Crippen molar-refractivity contribution in [2.75, 3.05) is 25.2 Å². The molecule has 14 nitrogen and oxygen atoms in total. The number of carboxylic acid groups (broad SMARTS) is 1. The number of carbonyl (C=O) groups is 4. The zero-order valence-electron chi connectivity index (χ0n) is 18.4. The number of fused-ring (bicyclic) bond motifs is 1. The Kier molecular flexibility index (Phi) is 8.77. The SMILES string of the molecule is CO/N=C(\C(=O)NC1C(=O)N2C(C(=O)O)=C(S/C=C\[C@@H](N)COC(N)=O)CS[C@H]12)c1nc(N)sc1F. The van der Waals surface area contributed by atoms with Crippen LogP contribution in [0.5, 0.6) is 0 Å². The maximum Gasteiger partial charge on any atom is 0.404 e. The molecule has 0 aliphatic carbocycles. The van der Waals surface area contributed by atoms with Gasteiger partial charge in [-0.15, -0.1) is 11.8 Å². The Balaban J connectivity index is 1.72. The van der Waals surface area contributed by atoms with Crippen molar-refractivity contribution >= 4 is 69.6 Å². The second-order valence-corrected chi connectivity index (χ2v) is 10.1. The molecule has 1 aromatic rings. The lowest BCUT2D eigenvalue weighted by Gasteiger charge is -2.49. The van der Waals surface area contributed by atoms with E-state index in [9.17, 15) is 28.7 Å². The summed E-state index contributed by atoms with van der Waals surface area (Å²) in [5.41, 5.74) is 14.9. The summed E-state index contributed by atoms with van der Waals surface area (Å²) < 4.78 is 18.7. The molecule has 3 heterocycles. The Bertz CT molecular complexity index is 1170. The Morgan fingerprint density at radius 2 is 2.19 bits per heavy atom. The zero-order valence-corrected chi connectivity index (χ0v) is 20.8. The number of nitrogens with two attached hydrogens (primary N) is 3. The topological polar surface area (TPSA) is 226 Å². The fourth-order valence-electron chi connectivity index (χ4n) is 3.09. The Morgan fingerprint density at radius 3 is 2.78 bits per heavy atom. The highest BCUT2D eigenvalue weighted by molar-refractivity contribution is 8.08. The number of oxime groups is 1. The van der Waals surface area contributed by atoms with Gasteiger partial charge < -0.3 is 37.2 Å². The zero-order chi connectivity index (χ0) is 26.6. The van der Waals surface area contributed by atoms with Crippen LogP contribution < -0.4 is 22.5 Å². The van der Waals surface area contributed by atoms with E-state index in [1.165, 1.54) is 23.2 Å². The number of amides is 3. The average Bonchev–Trinajstić information content (AvgIpc) is 3.16. The van der Waals surface area contributed by atoms with Crippen molar-refractivity contribution in [1.29, 1.82) is 0 Å². The molecule has 0 saturated carbocycles. The normalized spacial score (nSPS) is 20.6. The minimum Gasteiger partial charge on any atom is -0.477 e. The van der Waals surface area contributed by atoms with Crippen molar-refractivity contribution in [3.05, 3.63) is 32.9 Å². The molecular formula is C18H20FN7O7S3. The highest BCUT2D eigenvalue weighted by atomic mass is 32.2. The first-order chi connectivity index (χ1) is 17.0. The number of carbonyl (C=O) groups excluding carboxylic acids is 3. The van der Waals surface area contributed by atoms with Crippen molar-refractivity contribution in [3.63, 3.8) is 0 Å². The fourth-order valence-corrected chi connectivity index (χ4v) is 6.07. The van der Waals surface area contributed by atoms with Crippen LogP contribution in [0, 0.1) is 5.13 Å². The molecule has 36 heavy (non-hydrogen) atoms. The van der Waals surface area contributed by atoms with E-state index in [-0.39, 0.29) is 23.2 Å². The molecule has 0 radical (unpaired) electrons. The van der Waals surface area contributed by atoms with Crippen LogP contribution in [0.3, 0.4) is 0 Å². The van der Waals surface area contributed by atoms with Crippen molar-refractivity contribution in [2.45, 2.75) is 17.5 Å². The Morgan fingerprint density at radius 1 is 1.47 bits per heavy atom. The van der Waals surface area contributed by atoms with E-state index >= 15 is 0 Å². The van der Waals surface area contributed by atoms with Crippen LogP contribution >= 0.6 is 34.9 Å². The summed E-state index contributed by atoms with van der Waals surface area (Å²) in [6, 6.07) is -1.77. The highest BCUT2D eigenvalue weighted by Crippen LogP contribution is 2.43. The number of anilines is 1.